The van der Waals surface area contributed by atoms with Crippen LogP contribution in [0.3, 0.4) is 0 Å². The Labute approximate surface area is 162 Å². The molecule has 2 aromatic carbocycles. The van der Waals surface area contributed by atoms with E-state index in [2.05, 4.69) is 5.32 Å². The third-order valence-electron chi connectivity index (χ3n) is 4.23. The summed E-state index contributed by atoms with van der Waals surface area (Å²) in [4.78, 5) is 38.0. The Morgan fingerprint density at radius 3 is 2.21 bits per heavy atom. The molecule has 146 valence electrons. The molecule has 1 N–H and O–H groups in total. The highest BCUT2D eigenvalue weighted by atomic mass is 19.1. The lowest BCUT2D eigenvalue weighted by atomic mass is 10.1. The second kappa shape index (κ2) is 7.42. The van der Waals surface area contributed by atoms with Crippen LogP contribution in [0.5, 0.6) is 0 Å². The van der Waals surface area contributed by atoms with Gasteiger partial charge in [-0.2, -0.15) is 0 Å². The molecule has 0 atom stereocenters. The summed E-state index contributed by atoms with van der Waals surface area (Å²) in [5.41, 5.74) is 0.583. The lowest BCUT2D eigenvalue weighted by molar-refractivity contribution is 0.0520. The van der Waals surface area contributed by atoms with Gasteiger partial charge in [0.05, 0.1) is 17.7 Å². The quantitative estimate of drug-likeness (QED) is 0.817. The summed E-state index contributed by atoms with van der Waals surface area (Å²) >= 11 is 0. The number of alkyl carbamates (subject to hydrolysis) is 1. The van der Waals surface area contributed by atoms with E-state index in [0.29, 0.717) is 16.7 Å². The van der Waals surface area contributed by atoms with Crippen LogP contribution >= 0.6 is 0 Å². The normalized spacial score (nSPS) is 13.5. The van der Waals surface area contributed by atoms with Gasteiger partial charge in [0.15, 0.2) is 0 Å². The first-order valence-electron chi connectivity index (χ1n) is 8.86. The van der Waals surface area contributed by atoms with Crippen LogP contribution in [0.2, 0.25) is 0 Å². The topological polar surface area (TPSA) is 75.7 Å². The molecule has 0 bridgehead atoms. The van der Waals surface area contributed by atoms with Crippen molar-refractivity contribution >= 4 is 17.9 Å². The fraction of sp³-hybridized carbons (Fsp3) is 0.286. The first kappa shape index (κ1) is 19.5. The molecule has 0 unspecified atom stereocenters. The highest BCUT2D eigenvalue weighted by Gasteiger charge is 2.35. The van der Waals surface area contributed by atoms with Gasteiger partial charge >= 0.3 is 6.09 Å². The molecule has 0 fully saturated rings. The average Bonchev–Trinajstić information content (AvgIpc) is 2.86. The molecule has 0 saturated carbocycles. The summed E-state index contributed by atoms with van der Waals surface area (Å²) in [6, 6.07) is 10.9. The minimum Gasteiger partial charge on any atom is -0.444 e. The van der Waals surface area contributed by atoms with Crippen molar-refractivity contribution in [3.05, 3.63) is 70.5 Å². The van der Waals surface area contributed by atoms with E-state index in [4.69, 9.17) is 4.74 Å². The van der Waals surface area contributed by atoms with Crippen molar-refractivity contribution in [2.24, 2.45) is 0 Å². The molecule has 0 spiro atoms. The lowest BCUT2D eigenvalue weighted by Crippen LogP contribution is -2.33. The molecular formula is C21H21FN2O4. The van der Waals surface area contributed by atoms with Crippen LogP contribution in [0.15, 0.2) is 42.5 Å². The zero-order valence-corrected chi connectivity index (χ0v) is 15.9. The van der Waals surface area contributed by atoms with Crippen LogP contribution in [0.1, 0.15) is 52.6 Å². The SMILES string of the molecule is CC(C)(C)OC(=O)NCc1cccc(F)c1CN1C(=O)c2ccccc2C1=O. The van der Waals surface area contributed by atoms with E-state index in [1.54, 1.807) is 51.1 Å². The van der Waals surface area contributed by atoms with Crippen molar-refractivity contribution in [1.29, 1.82) is 0 Å². The fourth-order valence-electron chi connectivity index (χ4n) is 2.97. The Kier molecular flexibility index (Phi) is 5.18. The maximum atomic E-state index is 14.5. The molecular weight excluding hydrogens is 363 g/mol. The van der Waals surface area contributed by atoms with Gasteiger partial charge in [-0.1, -0.05) is 24.3 Å². The van der Waals surface area contributed by atoms with Crippen LogP contribution < -0.4 is 5.32 Å². The lowest BCUT2D eigenvalue weighted by Gasteiger charge is -2.21. The Morgan fingerprint density at radius 1 is 1.04 bits per heavy atom. The van der Waals surface area contributed by atoms with Crippen molar-refractivity contribution in [1.82, 2.24) is 10.2 Å². The molecule has 7 heteroatoms. The first-order chi connectivity index (χ1) is 13.2. The maximum Gasteiger partial charge on any atom is 0.407 e. The summed E-state index contributed by atoms with van der Waals surface area (Å²) < 4.78 is 19.7. The average molecular weight is 384 g/mol. The van der Waals surface area contributed by atoms with E-state index in [1.165, 1.54) is 12.1 Å². The predicted molar refractivity (Wildman–Crippen MR) is 100 cm³/mol. The van der Waals surface area contributed by atoms with Crippen LogP contribution in [0, 0.1) is 5.82 Å². The first-order valence-corrected chi connectivity index (χ1v) is 8.86. The summed E-state index contributed by atoms with van der Waals surface area (Å²) in [5.74, 6) is -1.48. The summed E-state index contributed by atoms with van der Waals surface area (Å²) in [6.45, 7) is 5.00. The zero-order valence-electron chi connectivity index (χ0n) is 15.9. The summed E-state index contributed by atoms with van der Waals surface area (Å²) in [6.07, 6.45) is -0.636. The minimum absolute atomic E-state index is 0.00513. The van der Waals surface area contributed by atoms with E-state index in [-0.39, 0.29) is 18.7 Å². The van der Waals surface area contributed by atoms with E-state index in [0.717, 1.165) is 4.90 Å². The maximum absolute atomic E-state index is 14.5. The third kappa shape index (κ3) is 4.03. The van der Waals surface area contributed by atoms with Gasteiger partial charge in [0.25, 0.3) is 11.8 Å². The van der Waals surface area contributed by atoms with E-state index < -0.39 is 29.3 Å². The van der Waals surface area contributed by atoms with Gasteiger partial charge < -0.3 is 10.1 Å². The summed E-state index contributed by atoms with van der Waals surface area (Å²) in [5, 5.41) is 2.57. The molecule has 1 aliphatic heterocycles. The molecule has 3 rings (SSSR count). The van der Waals surface area contributed by atoms with Gasteiger partial charge in [0.2, 0.25) is 0 Å². The number of nitrogens with zero attached hydrogens (tertiary/aromatic N) is 1. The molecule has 2 aromatic rings. The molecule has 1 aliphatic rings. The number of fused-ring (bicyclic) bond motifs is 1. The predicted octanol–water partition coefficient (Wildman–Crippen LogP) is 3.65. The van der Waals surface area contributed by atoms with Crippen LogP contribution in [-0.2, 0) is 17.8 Å². The van der Waals surface area contributed by atoms with E-state index >= 15 is 0 Å². The number of halogens is 1. The van der Waals surface area contributed by atoms with Gasteiger partial charge in [-0.15, -0.1) is 0 Å². The highest BCUT2D eigenvalue weighted by Crippen LogP contribution is 2.26. The summed E-state index contributed by atoms with van der Waals surface area (Å²) in [7, 11) is 0. The Morgan fingerprint density at radius 2 is 1.64 bits per heavy atom. The highest BCUT2D eigenvalue weighted by molar-refractivity contribution is 6.21. The van der Waals surface area contributed by atoms with Crippen LogP contribution in [0.4, 0.5) is 9.18 Å². The second-order valence-corrected chi connectivity index (χ2v) is 7.47. The smallest absolute Gasteiger partial charge is 0.407 e. The minimum atomic E-state index is -0.658. The molecule has 0 aliphatic carbocycles. The molecule has 0 radical (unpaired) electrons. The second-order valence-electron chi connectivity index (χ2n) is 7.47. The number of nitrogens with one attached hydrogen (secondary N) is 1. The van der Waals surface area contributed by atoms with Crippen molar-refractivity contribution in [2.45, 2.75) is 39.5 Å². The number of hydrogen-bond donors (Lipinski definition) is 1. The van der Waals surface area contributed by atoms with Gasteiger partial charge in [-0.05, 0) is 44.5 Å². The standard InChI is InChI=1S/C21H21FN2O4/c1-21(2,3)28-20(27)23-11-13-7-6-10-17(22)16(13)12-24-18(25)14-8-4-5-9-15(14)19(24)26/h4-10H,11-12H2,1-3H3,(H,23,27). The molecule has 1 heterocycles. The van der Waals surface area contributed by atoms with Gasteiger partial charge in [-0.3, -0.25) is 14.5 Å². The molecule has 0 aromatic heterocycles. The molecule has 3 amide bonds. The van der Waals surface area contributed by atoms with Gasteiger partial charge in [0, 0.05) is 12.1 Å². The molecule has 0 saturated heterocycles. The van der Waals surface area contributed by atoms with Crippen LogP contribution in [0.25, 0.3) is 0 Å². The monoisotopic (exact) mass is 384 g/mol. The van der Waals surface area contributed by atoms with Crippen molar-refractivity contribution in [3.63, 3.8) is 0 Å². The van der Waals surface area contributed by atoms with E-state index in [9.17, 15) is 18.8 Å². The zero-order chi connectivity index (χ0) is 20.5. The number of hydrogen-bond acceptors (Lipinski definition) is 4. The van der Waals surface area contributed by atoms with Crippen molar-refractivity contribution in [2.75, 3.05) is 0 Å². The largest absolute Gasteiger partial charge is 0.444 e. The van der Waals surface area contributed by atoms with E-state index in [1.807, 2.05) is 0 Å². The number of carbonyl (C=O) groups is 3. The third-order valence-corrected chi connectivity index (χ3v) is 4.23. The Hall–Kier alpha value is -3.22. The molecule has 28 heavy (non-hydrogen) atoms. The number of benzene rings is 2. The number of ether oxygens (including phenoxy) is 1. The number of rotatable bonds is 4. The number of amides is 3. The fourth-order valence-corrected chi connectivity index (χ4v) is 2.97. The van der Waals surface area contributed by atoms with Crippen LogP contribution in [-0.4, -0.2) is 28.4 Å². The Balaban J connectivity index is 1.79. The number of carbonyl (C=O) groups excluding carboxylic acids is 3. The van der Waals surface area contributed by atoms with Gasteiger partial charge in [-0.25, -0.2) is 9.18 Å². The van der Waals surface area contributed by atoms with Crippen molar-refractivity contribution in [3.8, 4) is 0 Å². The van der Waals surface area contributed by atoms with Gasteiger partial charge in [0.1, 0.15) is 11.4 Å². The Bertz CT molecular complexity index is 915. The van der Waals surface area contributed by atoms with Crippen molar-refractivity contribution < 1.29 is 23.5 Å². The number of imide groups is 1. The molecule has 6 nitrogen and oxygen atoms in total.